The van der Waals surface area contributed by atoms with E-state index < -0.39 is 30.2 Å². The standard InChI is InChI=1S/C19H18F3NO4/c1-12(13-4-2-5-14(9-13)19(20,21)22)8-17(24)23-15-6-3-7-16(10-15)27-11-18(25)26/h2-7,9-10,12H,8,11H2,1H3,(H,23,24)(H,25,26). The van der Waals surface area contributed by atoms with E-state index in [4.69, 9.17) is 9.84 Å². The number of carboxylic acids is 1. The molecule has 0 saturated heterocycles. The Hall–Kier alpha value is -3.03. The predicted molar refractivity (Wildman–Crippen MR) is 92.7 cm³/mol. The molecule has 0 aliphatic carbocycles. The summed E-state index contributed by atoms with van der Waals surface area (Å²) in [7, 11) is 0. The normalized spacial score (nSPS) is 12.3. The number of carboxylic acid groups (broad SMARTS) is 1. The fourth-order valence-electron chi connectivity index (χ4n) is 2.44. The number of hydrogen-bond acceptors (Lipinski definition) is 3. The maximum atomic E-state index is 12.8. The molecule has 27 heavy (non-hydrogen) atoms. The lowest BCUT2D eigenvalue weighted by Gasteiger charge is -2.15. The third-order valence-corrected chi connectivity index (χ3v) is 3.75. The minimum Gasteiger partial charge on any atom is -0.482 e. The molecular weight excluding hydrogens is 363 g/mol. The van der Waals surface area contributed by atoms with E-state index >= 15 is 0 Å². The molecule has 0 bridgehead atoms. The summed E-state index contributed by atoms with van der Waals surface area (Å²) in [4.78, 5) is 22.7. The number of rotatable bonds is 7. The lowest BCUT2D eigenvalue weighted by Crippen LogP contribution is -2.15. The van der Waals surface area contributed by atoms with Gasteiger partial charge in [-0.2, -0.15) is 13.2 Å². The Morgan fingerprint density at radius 2 is 1.85 bits per heavy atom. The number of carbonyl (C=O) groups is 2. The Labute approximate surface area is 153 Å². The quantitative estimate of drug-likeness (QED) is 0.750. The molecule has 2 aromatic carbocycles. The highest BCUT2D eigenvalue weighted by Crippen LogP contribution is 2.31. The van der Waals surface area contributed by atoms with E-state index in [1.807, 2.05) is 0 Å². The fraction of sp³-hybridized carbons (Fsp3) is 0.263. The highest BCUT2D eigenvalue weighted by atomic mass is 19.4. The summed E-state index contributed by atoms with van der Waals surface area (Å²) in [6.07, 6.45) is -4.45. The number of ether oxygens (including phenoxy) is 1. The van der Waals surface area contributed by atoms with Gasteiger partial charge in [0.2, 0.25) is 5.91 Å². The highest BCUT2D eigenvalue weighted by Gasteiger charge is 2.30. The number of benzene rings is 2. The SMILES string of the molecule is CC(CC(=O)Nc1cccc(OCC(=O)O)c1)c1cccc(C(F)(F)F)c1. The second-order valence-electron chi connectivity index (χ2n) is 5.99. The summed E-state index contributed by atoms with van der Waals surface area (Å²) in [6.45, 7) is 1.16. The molecule has 1 atom stereocenters. The van der Waals surface area contributed by atoms with E-state index in [-0.39, 0.29) is 18.1 Å². The Balaban J connectivity index is 1.99. The molecule has 0 aromatic heterocycles. The van der Waals surface area contributed by atoms with E-state index in [0.29, 0.717) is 11.3 Å². The maximum Gasteiger partial charge on any atom is 0.416 e. The molecular formula is C19H18F3NO4. The van der Waals surface area contributed by atoms with Crippen LogP contribution in [0.15, 0.2) is 48.5 Å². The van der Waals surface area contributed by atoms with Gasteiger partial charge in [0, 0.05) is 18.2 Å². The first-order chi connectivity index (χ1) is 12.6. The van der Waals surface area contributed by atoms with Gasteiger partial charge in [0.05, 0.1) is 5.56 Å². The maximum absolute atomic E-state index is 12.8. The molecule has 0 heterocycles. The van der Waals surface area contributed by atoms with Crippen LogP contribution in [0.25, 0.3) is 0 Å². The molecule has 0 radical (unpaired) electrons. The number of hydrogen-bond donors (Lipinski definition) is 2. The average Bonchev–Trinajstić information content (AvgIpc) is 2.59. The minimum atomic E-state index is -4.44. The van der Waals surface area contributed by atoms with Gasteiger partial charge in [-0.3, -0.25) is 4.79 Å². The molecule has 1 amide bonds. The summed E-state index contributed by atoms with van der Waals surface area (Å²) >= 11 is 0. The van der Waals surface area contributed by atoms with Crippen LogP contribution in [-0.4, -0.2) is 23.6 Å². The molecule has 2 N–H and O–H groups in total. The summed E-state index contributed by atoms with van der Waals surface area (Å²) in [5.74, 6) is -1.64. The number of anilines is 1. The molecule has 2 rings (SSSR count). The zero-order valence-electron chi connectivity index (χ0n) is 14.4. The van der Waals surface area contributed by atoms with Gasteiger partial charge in [0.25, 0.3) is 0 Å². The second-order valence-corrected chi connectivity index (χ2v) is 5.99. The molecule has 0 aliphatic heterocycles. The number of aliphatic carboxylic acids is 1. The Morgan fingerprint density at radius 3 is 2.52 bits per heavy atom. The zero-order valence-corrected chi connectivity index (χ0v) is 14.4. The third kappa shape index (κ3) is 6.32. The predicted octanol–water partition coefficient (Wildman–Crippen LogP) is 4.30. The van der Waals surface area contributed by atoms with Crippen molar-refractivity contribution in [3.63, 3.8) is 0 Å². The van der Waals surface area contributed by atoms with Gasteiger partial charge < -0.3 is 15.2 Å². The number of alkyl halides is 3. The van der Waals surface area contributed by atoms with Crippen molar-refractivity contribution in [2.24, 2.45) is 0 Å². The van der Waals surface area contributed by atoms with Gasteiger partial charge in [-0.15, -0.1) is 0 Å². The van der Waals surface area contributed by atoms with Gasteiger partial charge >= 0.3 is 12.1 Å². The lowest BCUT2D eigenvalue weighted by atomic mass is 9.95. The van der Waals surface area contributed by atoms with Gasteiger partial charge in [0.1, 0.15) is 5.75 Å². The van der Waals surface area contributed by atoms with Crippen molar-refractivity contribution in [2.75, 3.05) is 11.9 Å². The van der Waals surface area contributed by atoms with Crippen molar-refractivity contribution in [1.29, 1.82) is 0 Å². The first-order valence-electron chi connectivity index (χ1n) is 8.07. The minimum absolute atomic E-state index is 0.0124. The molecule has 0 fully saturated rings. The smallest absolute Gasteiger partial charge is 0.416 e. The summed E-state index contributed by atoms with van der Waals surface area (Å²) in [5, 5.41) is 11.2. The molecule has 144 valence electrons. The monoisotopic (exact) mass is 381 g/mol. The molecule has 0 spiro atoms. The first-order valence-corrected chi connectivity index (χ1v) is 8.07. The summed E-state index contributed by atoms with van der Waals surface area (Å²) in [6, 6.07) is 11.1. The molecule has 0 aliphatic rings. The van der Waals surface area contributed by atoms with Crippen LogP contribution in [0.5, 0.6) is 5.75 Å². The Kier molecular flexibility index (Phi) is 6.44. The lowest BCUT2D eigenvalue weighted by molar-refractivity contribution is -0.139. The van der Waals surface area contributed by atoms with Crippen molar-refractivity contribution in [2.45, 2.75) is 25.4 Å². The van der Waals surface area contributed by atoms with Crippen molar-refractivity contribution >= 4 is 17.6 Å². The third-order valence-electron chi connectivity index (χ3n) is 3.75. The molecule has 8 heteroatoms. The molecule has 0 saturated carbocycles. The van der Waals surface area contributed by atoms with Crippen molar-refractivity contribution < 1.29 is 32.6 Å². The average molecular weight is 381 g/mol. The van der Waals surface area contributed by atoms with Crippen LogP contribution in [0.1, 0.15) is 30.4 Å². The van der Waals surface area contributed by atoms with Crippen LogP contribution in [0.3, 0.4) is 0 Å². The topological polar surface area (TPSA) is 75.6 Å². The first kappa shape index (κ1) is 20.3. The fourth-order valence-corrected chi connectivity index (χ4v) is 2.44. The van der Waals surface area contributed by atoms with Crippen molar-refractivity contribution in [3.05, 3.63) is 59.7 Å². The van der Waals surface area contributed by atoms with Crippen LogP contribution in [0.4, 0.5) is 18.9 Å². The Morgan fingerprint density at radius 1 is 1.15 bits per heavy atom. The van der Waals surface area contributed by atoms with Crippen LogP contribution >= 0.6 is 0 Å². The zero-order chi connectivity index (χ0) is 20.0. The number of halogens is 3. The summed E-state index contributed by atoms with van der Waals surface area (Å²) in [5.41, 5.74) is 0.0631. The Bertz CT molecular complexity index is 821. The molecule has 1 unspecified atom stereocenters. The number of nitrogens with one attached hydrogen (secondary N) is 1. The van der Waals surface area contributed by atoms with Gasteiger partial charge in [-0.25, -0.2) is 4.79 Å². The van der Waals surface area contributed by atoms with Crippen molar-refractivity contribution in [3.8, 4) is 5.75 Å². The van der Waals surface area contributed by atoms with Crippen LogP contribution in [0.2, 0.25) is 0 Å². The van der Waals surface area contributed by atoms with Gasteiger partial charge in [-0.1, -0.05) is 31.2 Å². The number of carbonyl (C=O) groups excluding carboxylic acids is 1. The molecule has 5 nitrogen and oxygen atoms in total. The van der Waals surface area contributed by atoms with Crippen LogP contribution in [0, 0.1) is 0 Å². The van der Waals surface area contributed by atoms with Gasteiger partial charge in [-0.05, 0) is 29.7 Å². The summed E-state index contributed by atoms with van der Waals surface area (Å²) < 4.78 is 43.4. The van der Waals surface area contributed by atoms with E-state index in [0.717, 1.165) is 12.1 Å². The van der Waals surface area contributed by atoms with E-state index in [1.54, 1.807) is 31.2 Å². The van der Waals surface area contributed by atoms with E-state index in [1.165, 1.54) is 12.1 Å². The van der Waals surface area contributed by atoms with Crippen LogP contribution in [-0.2, 0) is 15.8 Å². The second kappa shape index (κ2) is 8.57. The number of amides is 1. The van der Waals surface area contributed by atoms with Crippen LogP contribution < -0.4 is 10.1 Å². The highest BCUT2D eigenvalue weighted by molar-refractivity contribution is 5.91. The van der Waals surface area contributed by atoms with E-state index in [9.17, 15) is 22.8 Å². The van der Waals surface area contributed by atoms with Crippen molar-refractivity contribution in [1.82, 2.24) is 0 Å². The van der Waals surface area contributed by atoms with E-state index in [2.05, 4.69) is 5.32 Å². The molecule has 2 aromatic rings. The largest absolute Gasteiger partial charge is 0.482 e. The van der Waals surface area contributed by atoms with Gasteiger partial charge in [0.15, 0.2) is 6.61 Å².